The third-order valence-electron chi connectivity index (χ3n) is 3.41. The van der Waals surface area contributed by atoms with E-state index >= 15 is 0 Å². The van der Waals surface area contributed by atoms with E-state index in [2.05, 4.69) is 22.2 Å². The second-order valence-electron chi connectivity index (χ2n) is 4.73. The molecule has 0 radical (unpaired) electrons. The van der Waals surface area contributed by atoms with Gasteiger partial charge in [-0.1, -0.05) is 6.92 Å². The minimum atomic E-state index is -0.357. The fourth-order valence-electron chi connectivity index (χ4n) is 2.36. The first-order chi connectivity index (χ1) is 9.30. The van der Waals surface area contributed by atoms with Gasteiger partial charge < -0.3 is 14.8 Å². The van der Waals surface area contributed by atoms with E-state index in [0.717, 1.165) is 37.3 Å². The van der Waals surface area contributed by atoms with Crippen molar-refractivity contribution in [2.24, 2.45) is 0 Å². The fraction of sp³-hybridized carbons (Fsp3) is 0.714. The van der Waals surface area contributed by atoms with Crippen molar-refractivity contribution in [1.82, 2.24) is 15.3 Å². The molecule has 0 aromatic carbocycles. The largest absolute Gasteiger partial charge is 0.381 e. The van der Waals surface area contributed by atoms with Crippen LogP contribution in [0.1, 0.15) is 38.1 Å². The van der Waals surface area contributed by atoms with Crippen LogP contribution in [0.25, 0.3) is 0 Å². The number of hydrogen-bond acceptors (Lipinski definition) is 5. The Morgan fingerprint density at radius 1 is 1.26 bits per heavy atom. The van der Waals surface area contributed by atoms with Crippen LogP contribution in [0.5, 0.6) is 0 Å². The van der Waals surface area contributed by atoms with Gasteiger partial charge in [-0.2, -0.15) is 0 Å². The van der Waals surface area contributed by atoms with Crippen molar-refractivity contribution in [3.8, 4) is 0 Å². The van der Waals surface area contributed by atoms with Crippen molar-refractivity contribution in [2.45, 2.75) is 38.8 Å². The lowest BCUT2D eigenvalue weighted by Gasteiger charge is -2.35. The number of nitrogens with zero attached hydrogens (tertiary/aromatic N) is 2. The number of ether oxygens (including phenoxy) is 2. The molecule has 5 nitrogen and oxygen atoms in total. The van der Waals surface area contributed by atoms with Crippen LogP contribution in [-0.2, 0) is 21.6 Å². The lowest BCUT2D eigenvalue weighted by atomic mass is 9.93. The van der Waals surface area contributed by atoms with Crippen molar-refractivity contribution < 1.29 is 9.47 Å². The molecule has 2 rings (SSSR count). The van der Waals surface area contributed by atoms with Crippen LogP contribution in [0, 0.1) is 0 Å². The number of nitrogens with one attached hydrogen (secondary N) is 1. The van der Waals surface area contributed by atoms with Gasteiger partial charge in [0.15, 0.2) is 5.82 Å². The van der Waals surface area contributed by atoms with Crippen molar-refractivity contribution in [3.05, 3.63) is 23.8 Å². The molecule has 1 aliphatic heterocycles. The van der Waals surface area contributed by atoms with Gasteiger partial charge in [0.05, 0.1) is 0 Å². The molecule has 0 bridgehead atoms. The van der Waals surface area contributed by atoms with E-state index < -0.39 is 0 Å². The summed E-state index contributed by atoms with van der Waals surface area (Å²) in [6.45, 7) is 7.94. The molecule has 0 spiro atoms. The van der Waals surface area contributed by atoms with Crippen LogP contribution in [-0.4, -0.2) is 36.3 Å². The smallest absolute Gasteiger partial charge is 0.160 e. The van der Waals surface area contributed by atoms with E-state index in [1.165, 1.54) is 0 Å². The Morgan fingerprint density at radius 3 is 2.53 bits per heavy atom. The molecule has 0 saturated carbocycles. The van der Waals surface area contributed by atoms with E-state index in [1.807, 2.05) is 19.3 Å². The summed E-state index contributed by atoms with van der Waals surface area (Å²) in [5.74, 6) is 0.790. The number of rotatable bonds is 6. The normalized spacial score (nSPS) is 18.4. The highest BCUT2D eigenvalue weighted by Gasteiger charge is 2.37. The van der Waals surface area contributed by atoms with Gasteiger partial charge in [0.25, 0.3) is 0 Å². The van der Waals surface area contributed by atoms with Crippen molar-refractivity contribution in [2.75, 3.05) is 26.4 Å². The molecule has 19 heavy (non-hydrogen) atoms. The summed E-state index contributed by atoms with van der Waals surface area (Å²) < 4.78 is 11.4. The van der Waals surface area contributed by atoms with Gasteiger partial charge in [0.1, 0.15) is 5.60 Å². The van der Waals surface area contributed by atoms with E-state index in [9.17, 15) is 0 Å². The standard InChI is InChI=1S/C14H23N3O2/c1-3-15-9-12-10-16-13(17-11-12)14(19-4-2)5-7-18-8-6-14/h10-11,15H,3-9H2,1-2H3. The molecular weight excluding hydrogens is 242 g/mol. The molecule has 0 amide bonds. The molecule has 1 aromatic rings. The Labute approximate surface area is 114 Å². The molecule has 0 aliphatic carbocycles. The lowest BCUT2D eigenvalue weighted by molar-refractivity contribution is -0.117. The van der Waals surface area contributed by atoms with Crippen LogP contribution in [0.2, 0.25) is 0 Å². The third-order valence-corrected chi connectivity index (χ3v) is 3.41. The lowest BCUT2D eigenvalue weighted by Crippen LogP contribution is -2.38. The maximum Gasteiger partial charge on any atom is 0.160 e. The maximum atomic E-state index is 5.96. The maximum absolute atomic E-state index is 5.96. The first kappa shape index (κ1) is 14.4. The Kier molecular flexibility index (Phi) is 5.24. The van der Waals surface area contributed by atoms with Crippen LogP contribution < -0.4 is 5.32 Å². The monoisotopic (exact) mass is 265 g/mol. The zero-order valence-electron chi connectivity index (χ0n) is 11.8. The molecule has 1 aromatic heterocycles. The van der Waals surface area contributed by atoms with Gasteiger partial charge in [-0.15, -0.1) is 0 Å². The molecular formula is C14H23N3O2. The summed E-state index contributed by atoms with van der Waals surface area (Å²) in [5, 5.41) is 3.27. The molecule has 1 N–H and O–H groups in total. The summed E-state index contributed by atoms with van der Waals surface area (Å²) in [6.07, 6.45) is 5.43. The van der Waals surface area contributed by atoms with Gasteiger partial charge in [0.2, 0.25) is 0 Å². The summed E-state index contributed by atoms with van der Waals surface area (Å²) in [5.41, 5.74) is 0.744. The fourth-order valence-corrected chi connectivity index (χ4v) is 2.36. The van der Waals surface area contributed by atoms with Gasteiger partial charge in [0, 0.05) is 57.2 Å². The topological polar surface area (TPSA) is 56.3 Å². The molecule has 1 fully saturated rings. The Bertz CT molecular complexity index is 369. The Balaban J connectivity index is 2.12. The Hall–Kier alpha value is -1.04. The van der Waals surface area contributed by atoms with E-state index in [0.29, 0.717) is 19.8 Å². The first-order valence-electron chi connectivity index (χ1n) is 7.04. The third kappa shape index (κ3) is 3.49. The predicted octanol–water partition coefficient (Wildman–Crippen LogP) is 1.63. The second-order valence-corrected chi connectivity index (χ2v) is 4.73. The molecule has 1 aliphatic rings. The van der Waals surface area contributed by atoms with Crippen molar-refractivity contribution >= 4 is 0 Å². The molecule has 2 heterocycles. The van der Waals surface area contributed by atoms with Crippen molar-refractivity contribution in [3.63, 3.8) is 0 Å². The van der Waals surface area contributed by atoms with Gasteiger partial charge >= 0.3 is 0 Å². The SMILES string of the molecule is CCNCc1cnc(C2(OCC)CCOCC2)nc1. The van der Waals surface area contributed by atoms with Crippen LogP contribution in [0.15, 0.2) is 12.4 Å². The summed E-state index contributed by atoms with van der Waals surface area (Å²) in [6, 6.07) is 0. The van der Waals surface area contributed by atoms with Gasteiger partial charge in [-0.3, -0.25) is 0 Å². The summed E-state index contributed by atoms with van der Waals surface area (Å²) in [4.78, 5) is 9.03. The predicted molar refractivity (Wildman–Crippen MR) is 72.8 cm³/mol. The summed E-state index contributed by atoms with van der Waals surface area (Å²) in [7, 11) is 0. The molecule has 0 unspecified atom stereocenters. The van der Waals surface area contributed by atoms with E-state index in [-0.39, 0.29) is 5.60 Å². The zero-order valence-corrected chi connectivity index (χ0v) is 11.8. The average molecular weight is 265 g/mol. The van der Waals surface area contributed by atoms with Gasteiger partial charge in [-0.05, 0) is 13.5 Å². The van der Waals surface area contributed by atoms with E-state index in [4.69, 9.17) is 9.47 Å². The summed E-state index contributed by atoms with van der Waals surface area (Å²) >= 11 is 0. The average Bonchev–Trinajstić information content (AvgIpc) is 2.47. The highest BCUT2D eigenvalue weighted by atomic mass is 16.5. The van der Waals surface area contributed by atoms with Gasteiger partial charge in [-0.25, -0.2) is 9.97 Å². The second kappa shape index (κ2) is 6.93. The van der Waals surface area contributed by atoms with Crippen LogP contribution >= 0.6 is 0 Å². The van der Waals surface area contributed by atoms with Crippen LogP contribution in [0.4, 0.5) is 0 Å². The zero-order chi connectivity index (χ0) is 13.6. The number of hydrogen-bond donors (Lipinski definition) is 1. The van der Waals surface area contributed by atoms with E-state index in [1.54, 1.807) is 0 Å². The highest BCUT2D eigenvalue weighted by molar-refractivity contribution is 5.10. The molecule has 0 atom stereocenters. The minimum absolute atomic E-state index is 0.357. The molecule has 1 saturated heterocycles. The quantitative estimate of drug-likeness (QED) is 0.847. The minimum Gasteiger partial charge on any atom is -0.381 e. The van der Waals surface area contributed by atoms with Crippen LogP contribution in [0.3, 0.4) is 0 Å². The number of aromatic nitrogens is 2. The molecule has 106 valence electrons. The highest BCUT2D eigenvalue weighted by Crippen LogP contribution is 2.33. The first-order valence-corrected chi connectivity index (χ1v) is 7.04. The Morgan fingerprint density at radius 2 is 1.95 bits per heavy atom. The van der Waals surface area contributed by atoms with Crippen molar-refractivity contribution in [1.29, 1.82) is 0 Å². The molecule has 5 heteroatoms.